The summed E-state index contributed by atoms with van der Waals surface area (Å²) in [7, 11) is 0. The number of pyridine rings is 1. The molecule has 1 unspecified atom stereocenters. The molecule has 1 fully saturated rings. The van der Waals surface area contributed by atoms with E-state index in [-0.39, 0.29) is 5.88 Å². The Labute approximate surface area is 173 Å². The van der Waals surface area contributed by atoms with E-state index in [0.29, 0.717) is 27.6 Å². The second-order valence-electron chi connectivity index (χ2n) is 6.41. The molecule has 1 aromatic carbocycles. The van der Waals surface area contributed by atoms with Gasteiger partial charge in [0.15, 0.2) is 0 Å². The third-order valence-corrected chi connectivity index (χ3v) is 5.43. The number of alkyl halides is 3. The molecule has 1 N–H and O–H groups in total. The summed E-state index contributed by atoms with van der Waals surface area (Å²) in [6.07, 6.45) is -3.72. The number of rotatable bonds is 4. The van der Waals surface area contributed by atoms with Crippen LogP contribution in [0.25, 0.3) is 0 Å². The Kier molecular flexibility index (Phi) is 6.17. The highest BCUT2D eigenvalue weighted by molar-refractivity contribution is 7.99. The molecule has 30 heavy (non-hydrogen) atoms. The highest BCUT2D eigenvalue weighted by Gasteiger charge is 2.36. The summed E-state index contributed by atoms with van der Waals surface area (Å²) in [5, 5.41) is 11.5. The molecule has 1 aromatic heterocycles. The Morgan fingerprint density at radius 3 is 2.57 bits per heavy atom. The van der Waals surface area contributed by atoms with Gasteiger partial charge in [-0.05, 0) is 36.4 Å². The normalized spacial score (nSPS) is 16.2. The number of carbonyl (C=O) groups excluding carboxylic acids is 2. The van der Waals surface area contributed by atoms with Crippen LogP contribution in [0.1, 0.15) is 11.1 Å². The van der Waals surface area contributed by atoms with Crippen molar-refractivity contribution in [2.45, 2.75) is 18.8 Å². The van der Waals surface area contributed by atoms with E-state index in [1.165, 1.54) is 28.8 Å². The lowest BCUT2D eigenvalue weighted by Crippen LogP contribution is -2.46. The Bertz CT molecular complexity index is 1060. The quantitative estimate of drug-likeness (QED) is 0.794. The van der Waals surface area contributed by atoms with Crippen LogP contribution in [0.4, 0.5) is 18.9 Å². The number of hydrogen-bond donors (Lipinski definition) is 1. The number of halogens is 3. The number of nitriles is 1. The fraction of sp³-hybridized carbons (Fsp3) is 0.263. The Balaban J connectivity index is 1.72. The van der Waals surface area contributed by atoms with Gasteiger partial charge in [0.1, 0.15) is 18.2 Å². The van der Waals surface area contributed by atoms with Gasteiger partial charge in [-0.1, -0.05) is 0 Å². The summed E-state index contributed by atoms with van der Waals surface area (Å²) in [6.45, 7) is -0.607. The molecule has 2 aromatic rings. The molecule has 0 radical (unpaired) electrons. The SMILES string of the molecule is N#Cc1ccc(NC(=O)C2CSCN2C(=O)Cn2cccc(C(F)(F)F)c2=O)cc1. The predicted octanol–water partition coefficient (Wildman–Crippen LogP) is 2.28. The molecule has 0 bridgehead atoms. The summed E-state index contributed by atoms with van der Waals surface area (Å²) < 4.78 is 39.4. The number of anilines is 1. The van der Waals surface area contributed by atoms with Crippen molar-refractivity contribution < 1.29 is 22.8 Å². The van der Waals surface area contributed by atoms with Gasteiger partial charge in [0.05, 0.1) is 17.5 Å². The first-order valence-electron chi connectivity index (χ1n) is 8.65. The molecular weight excluding hydrogens is 421 g/mol. The molecule has 7 nitrogen and oxygen atoms in total. The third-order valence-electron chi connectivity index (χ3n) is 4.42. The molecule has 156 valence electrons. The Morgan fingerprint density at radius 2 is 1.93 bits per heavy atom. The largest absolute Gasteiger partial charge is 0.421 e. The van der Waals surface area contributed by atoms with Gasteiger partial charge in [0.2, 0.25) is 11.8 Å². The van der Waals surface area contributed by atoms with E-state index >= 15 is 0 Å². The average Bonchev–Trinajstić information content (AvgIpc) is 3.19. The maximum Gasteiger partial charge on any atom is 0.421 e. The van der Waals surface area contributed by atoms with Gasteiger partial charge < -0.3 is 14.8 Å². The summed E-state index contributed by atoms with van der Waals surface area (Å²) in [4.78, 5) is 38.5. The van der Waals surface area contributed by atoms with Crippen LogP contribution in [-0.4, -0.2) is 39.0 Å². The van der Waals surface area contributed by atoms with E-state index in [4.69, 9.17) is 5.26 Å². The van der Waals surface area contributed by atoms with Gasteiger partial charge in [-0.3, -0.25) is 14.4 Å². The summed E-state index contributed by atoms with van der Waals surface area (Å²) in [5.74, 6) is -0.612. The standard InChI is InChI=1S/C19H15F3N4O3S/c20-19(21,22)14-2-1-7-25(18(14)29)9-16(27)26-11-30-10-15(26)17(28)24-13-5-3-12(8-23)4-6-13/h1-7,15H,9-11H2,(H,24,28). The van der Waals surface area contributed by atoms with Gasteiger partial charge in [0, 0.05) is 17.6 Å². The van der Waals surface area contributed by atoms with E-state index in [2.05, 4.69) is 5.32 Å². The predicted molar refractivity (Wildman–Crippen MR) is 103 cm³/mol. The number of carbonyl (C=O) groups is 2. The molecule has 2 amide bonds. The van der Waals surface area contributed by atoms with Crippen molar-refractivity contribution in [2.24, 2.45) is 0 Å². The number of nitrogens with zero attached hydrogens (tertiary/aromatic N) is 3. The van der Waals surface area contributed by atoms with Crippen molar-refractivity contribution in [3.63, 3.8) is 0 Å². The van der Waals surface area contributed by atoms with Crippen LogP contribution in [0.15, 0.2) is 47.4 Å². The van der Waals surface area contributed by atoms with Crippen molar-refractivity contribution in [2.75, 3.05) is 16.9 Å². The van der Waals surface area contributed by atoms with Gasteiger partial charge in [-0.2, -0.15) is 18.4 Å². The first-order valence-corrected chi connectivity index (χ1v) is 9.81. The molecule has 1 atom stereocenters. The highest BCUT2D eigenvalue weighted by Crippen LogP contribution is 2.26. The van der Waals surface area contributed by atoms with Crippen molar-refractivity contribution in [3.05, 3.63) is 64.1 Å². The summed E-state index contributed by atoms with van der Waals surface area (Å²) in [5.41, 5.74) is -1.81. The van der Waals surface area contributed by atoms with E-state index < -0.39 is 41.7 Å². The fourth-order valence-corrected chi connectivity index (χ4v) is 4.05. The number of thioether (sulfide) groups is 1. The molecule has 1 aliphatic rings. The van der Waals surface area contributed by atoms with E-state index in [1.54, 1.807) is 12.1 Å². The third kappa shape index (κ3) is 4.65. The minimum absolute atomic E-state index is 0.179. The number of amides is 2. The van der Waals surface area contributed by atoms with Gasteiger partial charge in [0.25, 0.3) is 5.56 Å². The van der Waals surface area contributed by atoms with Crippen LogP contribution < -0.4 is 10.9 Å². The lowest BCUT2D eigenvalue weighted by atomic mass is 10.2. The smallest absolute Gasteiger partial charge is 0.324 e. The lowest BCUT2D eigenvalue weighted by Gasteiger charge is -2.23. The maximum atomic E-state index is 12.9. The zero-order valence-electron chi connectivity index (χ0n) is 15.3. The lowest BCUT2D eigenvalue weighted by molar-refractivity contribution is -0.140. The number of nitrogens with one attached hydrogen (secondary N) is 1. The number of benzene rings is 1. The van der Waals surface area contributed by atoms with Crippen LogP contribution in [0, 0.1) is 11.3 Å². The zero-order chi connectivity index (χ0) is 21.9. The van der Waals surface area contributed by atoms with Crippen molar-refractivity contribution in [1.82, 2.24) is 9.47 Å². The molecule has 0 saturated carbocycles. The van der Waals surface area contributed by atoms with Gasteiger partial charge >= 0.3 is 6.18 Å². The van der Waals surface area contributed by atoms with Crippen molar-refractivity contribution in [1.29, 1.82) is 5.26 Å². The van der Waals surface area contributed by atoms with Gasteiger partial charge in [-0.25, -0.2) is 0 Å². The van der Waals surface area contributed by atoms with Gasteiger partial charge in [-0.15, -0.1) is 11.8 Å². The van der Waals surface area contributed by atoms with Crippen LogP contribution >= 0.6 is 11.8 Å². The second kappa shape index (κ2) is 8.62. The van der Waals surface area contributed by atoms with Crippen LogP contribution in [0.3, 0.4) is 0 Å². The maximum absolute atomic E-state index is 12.9. The zero-order valence-corrected chi connectivity index (χ0v) is 16.2. The Hall–Kier alpha value is -3.26. The van der Waals surface area contributed by atoms with Crippen LogP contribution in [0.5, 0.6) is 0 Å². The topological polar surface area (TPSA) is 95.2 Å². The van der Waals surface area contributed by atoms with Crippen LogP contribution in [-0.2, 0) is 22.3 Å². The van der Waals surface area contributed by atoms with Crippen LogP contribution in [0.2, 0.25) is 0 Å². The number of hydrogen-bond acceptors (Lipinski definition) is 5. The van der Waals surface area contributed by atoms with Crippen molar-refractivity contribution in [3.8, 4) is 6.07 Å². The van der Waals surface area contributed by atoms with E-state index in [0.717, 1.165) is 12.3 Å². The molecule has 0 aliphatic carbocycles. The first kappa shape index (κ1) is 21.4. The Morgan fingerprint density at radius 1 is 1.23 bits per heavy atom. The molecule has 1 saturated heterocycles. The number of aromatic nitrogens is 1. The molecule has 1 aliphatic heterocycles. The van der Waals surface area contributed by atoms with E-state index in [1.807, 2.05) is 6.07 Å². The molecule has 11 heteroatoms. The second-order valence-corrected chi connectivity index (χ2v) is 7.41. The van der Waals surface area contributed by atoms with E-state index in [9.17, 15) is 27.6 Å². The molecule has 2 heterocycles. The van der Waals surface area contributed by atoms with Crippen molar-refractivity contribution >= 4 is 29.3 Å². The highest BCUT2D eigenvalue weighted by atomic mass is 32.2. The summed E-state index contributed by atoms with van der Waals surface area (Å²) in [6, 6.07) is 8.98. The minimum atomic E-state index is -4.82. The average molecular weight is 436 g/mol. The summed E-state index contributed by atoms with van der Waals surface area (Å²) >= 11 is 1.32. The minimum Gasteiger partial charge on any atom is -0.324 e. The fourth-order valence-electron chi connectivity index (χ4n) is 2.87. The monoisotopic (exact) mass is 436 g/mol. The molecular formula is C19H15F3N4O3S. The molecule has 3 rings (SSSR count). The molecule has 0 spiro atoms. The first-order chi connectivity index (χ1) is 14.2.